The third-order valence-corrected chi connectivity index (χ3v) is 3.39. The van der Waals surface area contributed by atoms with Gasteiger partial charge in [0.05, 0.1) is 6.61 Å². The normalized spacial score (nSPS) is 10.5. The Bertz CT molecular complexity index is 316. The molecule has 0 radical (unpaired) electrons. The van der Waals surface area contributed by atoms with Crippen molar-refractivity contribution in [2.24, 2.45) is 0 Å². The monoisotopic (exact) mass is 258 g/mol. The lowest BCUT2D eigenvalue weighted by atomic mass is 10.1. The van der Waals surface area contributed by atoms with Crippen molar-refractivity contribution < 1.29 is 4.74 Å². The Kier molecular flexibility index (Phi) is 6.07. The Balaban J connectivity index is 2.43. The van der Waals surface area contributed by atoms with Crippen LogP contribution in [0.15, 0.2) is 12.1 Å². The summed E-state index contributed by atoms with van der Waals surface area (Å²) >= 11 is 10.3. The first-order chi connectivity index (χ1) is 7.65. The van der Waals surface area contributed by atoms with Gasteiger partial charge < -0.3 is 4.74 Å². The number of ether oxygens (including phenoxy) is 1. The number of aryl methyl sites for hydroxylation is 2. The van der Waals surface area contributed by atoms with E-state index in [4.69, 9.17) is 16.3 Å². The molecule has 0 aliphatic heterocycles. The van der Waals surface area contributed by atoms with Crippen molar-refractivity contribution in [2.75, 3.05) is 12.4 Å². The summed E-state index contributed by atoms with van der Waals surface area (Å²) in [7, 11) is 0. The predicted octanol–water partition coefficient (Wildman–Crippen LogP) is 4.44. The van der Waals surface area contributed by atoms with Crippen molar-refractivity contribution in [1.29, 1.82) is 0 Å². The molecule has 0 atom stereocenters. The van der Waals surface area contributed by atoms with Crippen LogP contribution in [0.3, 0.4) is 0 Å². The fraction of sp³-hybridized carbons (Fsp3) is 0.538. The zero-order chi connectivity index (χ0) is 12.0. The van der Waals surface area contributed by atoms with E-state index in [-0.39, 0.29) is 0 Å². The Morgan fingerprint density at radius 2 is 1.75 bits per heavy atom. The van der Waals surface area contributed by atoms with Gasteiger partial charge in [-0.25, -0.2) is 0 Å². The van der Waals surface area contributed by atoms with E-state index < -0.39 is 0 Å². The summed E-state index contributed by atoms with van der Waals surface area (Å²) in [6.45, 7) is 4.78. The molecule has 0 unspecified atom stereocenters. The molecule has 0 aliphatic rings. The molecule has 0 amide bonds. The molecule has 90 valence electrons. The Morgan fingerprint density at radius 3 is 2.31 bits per heavy atom. The molecule has 1 aromatic rings. The third-order valence-electron chi connectivity index (χ3n) is 2.48. The number of benzene rings is 1. The van der Waals surface area contributed by atoms with E-state index in [1.807, 2.05) is 26.0 Å². The molecule has 3 heteroatoms. The van der Waals surface area contributed by atoms with Crippen LogP contribution in [0.4, 0.5) is 0 Å². The van der Waals surface area contributed by atoms with Crippen LogP contribution in [-0.4, -0.2) is 12.4 Å². The minimum Gasteiger partial charge on any atom is -0.494 e. The third kappa shape index (κ3) is 4.26. The van der Waals surface area contributed by atoms with Crippen LogP contribution >= 0.6 is 24.2 Å². The van der Waals surface area contributed by atoms with Gasteiger partial charge in [0, 0.05) is 5.02 Å². The molecular formula is C13H19ClOS. The standard InChI is InChI=1S/C13H19ClOS/c1-10-8-12(9-11(2)13(10)14)15-6-4-3-5-7-16/h8-9,16H,3-7H2,1-2H3. The van der Waals surface area contributed by atoms with E-state index in [9.17, 15) is 0 Å². The van der Waals surface area contributed by atoms with Crippen LogP contribution in [0.1, 0.15) is 30.4 Å². The van der Waals surface area contributed by atoms with Gasteiger partial charge in [0.1, 0.15) is 5.75 Å². The summed E-state index contributed by atoms with van der Waals surface area (Å²) in [6, 6.07) is 3.99. The maximum absolute atomic E-state index is 6.09. The maximum atomic E-state index is 6.09. The average molecular weight is 259 g/mol. The van der Waals surface area contributed by atoms with Gasteiger partial charge in [0.2, 0.25) is 0 Å². The van der Waals surface area contributed by atoms with Crippen molar-refractivity contribution in [1.82, 2.24) is 0 Å². The summed E-state index contributed by atoms with van der Waals surface area (Å²) in [5, 5.41) is 0.836. The van der Waals surface area contributed by atoms with Gasteiger partial charge in [0.15, 0.2) is 0 Å². The van der Waals surface area contributed by atoms with E-state index in [0.29, 0.717) is 0 Å². The first-order valence-corrected chi connectivity index (χ1v) is 6.66. The maximum Gasteiger partial charge on any atom is 0.119 e. The molecule has 1 rings (SSSR count). The van der Waals surface area contributed by atoms with Crippen molar-refractivity contribution in [3.8, 4) is 5.75 Å². The van der Waals surface area contributed by atoms with Crippen molar-refractivity contribution >= 4 is 24.2 Å². The zero-order valence-electron chi connectivity index (χ0n) is 9.92. The van der Waals surface area contributed by atoms with Crippen molar-refractivity contribution in [3.05, 3.63) is 28.3 Å². The second-order valence-electron chi connectivity index (χ2n) is 4.00. The smallest absolute Gasteiger partial charge is 0.119 e. The molecule has 0 aromatic heterocycles. The Morgan fingerprint density at radius 1 is 1.12 bits per heavy atom. The lowest BCUT2D eigenvalue weighted by molar-refractivity contribution is 0.306. The highest BCUT2D eigenvalue weighted by atomic mass is 35.5. The molecule has 0 aliphatic carbocycles. The van der Waals surface area contributed by atoms with E-state index in [0.717, 1.165) is 47.1 Å². The van der Waals surface area contributed by atoms with Gasteiger partial charge in [0.25, 0.3) is 0 Å². The number of rotatable bonds is 6. The van der Waals surface area contributed by atoms with Crippen LogP contribution in [0.2, 0.25) is 5.02 Å². The van der Waals surface area contributed by atoms with Crippen LogP contribution in [-0.2, 0) is 0 Å². The number of halogens is 1. The number of hydrogen-bond acceptors (Lipinski definition) is 2. The largest absolute Gasteiger partial charge is 0.494 e. The second-order valence-corrected chi connectivity index (χ2v) is 4.83. The quantitative estimate of drug-likeness (QED) is 0.586. The molecule has 0 N–H and O–H groups in total. The van der Waals surface area contributed by atoms with Crippen molar-refractivity contribution in [2.45, 2.75) is 33.1 Å². The highest BCUT2D eigenvalue weighted by molar-refractivity contribution is 7.80. The Labute approximate surface area is 109 Å². The fourth-order valence-electron chi connectivity index (χ4n) is 1.57. The van der Waals surface area contributed by atoms with Gasteiger partial charge in [-0.15, -0.1) is 0 Å². The number of hydrogen-bond donors (Lipinski definition) is 1. The number of thiol groups is 1. The highest BCUT2D eigenvalue weighted by Gasteiger charge is 2.03. The van der Waals surface area contributed by atoms with Crippen molar-refractivity contribution in [3.63, 3.8) is 0 Å². The summed E-state index contributed by atoms with van der Waals surface area (Å²) in [6.07, 6.45) is 3.42. The predicted molar refractivity (Wildman–Crippen MR) is 74.1 cm³/mol. The summed E-state index contributed by atoms with van der Waals surface area (Å²) < 4.78 is 5.69. The van der Waals surface area contributed by atoms with Gasteiger partial charge in [-0.05, 0) is 62.1 Å². The summed E-state index contributed by atoms with van der Waals surface area (Å²) in [5.41, 5.74) is 2.15. The first kappa shape index (κ1) is 13.7. The van der Waals surface area contributed by atoms with Gasteiger partial charge >= 0.3 is 0 Å². The molecule has 1 nitrogen and oxygen atoms in total. The molecule has 16 heavy (non-hydrogen) atoms. The van der Waals surface area contributed by atoms with Crippen LogP contribution < -0.4 is 4.74 Å². The molecule has 0 bridgehead atoms. The van der Waals surface area contributed by atoms with Crippen LogP contribution in [0.25, 0.3) is 0 Å². The van der Waals surface area contributed by atoms with Gasteiger partial charge in [-0.3, -0.25) is 0 Å². The molecule has 1 aromatic carbocycles. The zero-order valence-corrected chi connectivity index (χ0v) is 11.6. The van der Waals surface area contributed by atoms with Crippen LogP contribution in [0.5, 0.6) is 5.75 Å². The van der Waals surface area contributed by atoms with Gasteiger partial charge in [-0.1, -0.05) is 11.6 Å². The minimum absolute atomic E-state index is 0.772. The lowest BCUT2D eigenvalue weighted by Gasteiger charge is -2.09. The molecule has 0 heterocycles. The summed E-state index contributed by atoms with van der Waals surface area (Å²) in [4.78, 5) is 0. The average Bonchev–Trinajstić information content (AvgIpc) is 2.25. The van der Waals surface area contributed by atoms with E-state index in [1.54, 1.807) is 0 Å². The molecular weight excluding hydrogens is 240 g/mol. The fourth-order valence-corrected chi connectivity index (χ4v) is 1.90. The van der Waals surface area contributed by atoms with E-state index in [2.05, 4.69) is 12.6 Å². The first-order valence-electron chi connectivity index (χ1n) is 5.65. The molecule has 0 spiro atoms. The number of unbranched alkanes of at least 4 members (excludes halogenated alkanes) is 2. The lowest BCUT2D eigenvalue weighted by Crippen LogP contribution is -1.98. The Hall–Kier alpha value is -0.340. The molecule has 0 saturated carbocycles. The van der Waals surface area contributed by atoms with Gasteiger partial charge in [-0.2, -0.15) is 12.6 Å². The molecule has 0 fully saturated rings. The summed E-state index contributed by atoms with van der Waals surface area (Å²) in [5.74, 6) is 1.88. The molecule has 0 saturated heterocycles. The topological polar surface area (TPSA) is 9.23 Å². The minimum atomic E-state index is 0.772. The second kappa shape index (κ2) is 7.08. The van der Waals surface area contributed by atoms with Crippen LogP contribution in [0, 0.1) is 13.8 Å². The van der Waals surface area contributed by atoms with E-state index in [1.165, 1.54) is 6.42 Å². The highest BCUT2D eigenvalue weighted by Crippen LogP contribution is 2.25. The SMILES string of the molecule is Cc1cc(OCCCCCS)cc(C)c1Cl. The van der Waals surface area contributed by atoms with E-state index >= 15 is 0 Å².